The fourth-order valence-electron chi connectivity index (χ4n) is 2.74. The highest BCUT2D eigenvalue weighted by atomic mass is 16.1. The van der Waals surface area contributed by atoms with Crippen LogP contribution in [-0.4, -0.2) is 5.78 Å². The molecule has 98 valence electrons. The summed E-state index contributed by atoms with van der Waals surface area (Å²) in [6.45, 7) is 6.57. The zero-order valence-corrected chi connectivity index (χ0v) is 11.8. The molecule has 0 unspecified atom stereocenters. The lowest BCUT2D eigenvalue weighted by Gasteiger charge is -2.22. The Morgan fingerprint density at radius 1 is 1.11 bits per heavy atom. The molecule has 1 aromatic rings. The first-order valence-corrected chi connectivity index (χ1v) is 7.13. The number of ketones is 1. The molecule has 0 radical (unpaired) electrons. The van der Waals surface area contributed by atoms with Gasteiger partial charge in [0.05, 0.1) is 0 Å². The average Bonchev–Trinajstić information content (AvgIpc) is 2.38. The van der Waals surface area contributed by atoms with Crippen molar-refractivity contribution in [2.45, 2.75) is 58.3 Å². The minimum atomic E-state index is 0.114. The number of hydrogen-bond donors (Lipinski definition) is 0. The number of rotatable bonds is 2. The van der Waals surface area contributed by atoms with Crippen molar-refractivity contribution in [3.8, 4) is 0 Å². The van der Waals surface area contributed by atoms with Crippen molar-refractivity contribution >= 4 is 5.78 Å². The van der Waals surface area contributed by atoms with Crippen molar-refractivity contribution in [3.63, 3.8) is 0 Å². The van der Waals surface area contributed by atoms with Crippen LogP contribution in [0.15, 0.2) is 24.3 Å². The first-order chi connectivity index (χ1) is 8.48. The zero-order valence-electron chi connectivity index (χ0n) is 11.8. The monoisotopic (exact) mass is 244 g/mol. The van der Waals surface area contributed by atoms with Gasteiger partial charge in [-0.25, -0.2) is 0 Å². The Bertz CT molecular complexity index is 419. The molecule has 0 heterocycles. The fraction of sp³-hybridized carbons (Fsp3) is 0.588. The maximum atomic E-state index is 12.5. The molecule has 1 aliphatic rings. The highest BCUT2D eigenvalue weighted by Gasteiger charge is 2.23. The zero-order chi connectivity index (χ0) is 13.2. The predicted octanol–water partition coefficient (Wildman–Crippen LogP) is 4.75. The smallest absolute Gasteiger partial charge is 0.165 e. The highest BCUT2D eigenvalue weighted by Crippen LogP contribution is 2.29. The minimum absolute atomic E-state index is 0.114. The standard InChI is InChI=1S/C17H24O/c1-17(2,3)15-11-7-10-14(12-15)16(18)13-8-5-4-6-9-13/h7,10-13H,4-6,8-9H2,1-3H3. The van der Waals surface area contributed by atoms with Gasteiger partial charge in [0.15, 0.2) is 5.78 Å². The lowest BCUT2D eigenvalue weighted by molar-refractivity contribution is 0.0889. The highest BCUT2D eigenvalue weighted by molar-refractivity contribution is 5.98. The van der Waals surface area contributed by atoms with Crippen molar-refractivity contribution in [1.82, 2.24) is 0 Å². The number of benzene rings is 1. The van der Waals surface area contributed by atoms with E-state index in [2.05, 4.69) is 32.9 Å². The van der Waals surface area contributed by atoms with E-state index < -0.39 is 0 Å². The van der Waals surface area contributed by atoms with Gasteiger partial charge in [-0.05, 0) is 29.9 Å². The van der Waals surface area contributed by atoms with Crippen LogP contribution in [0, 0.1) is 5.92 Å². The molecule has 0 N–H and O–H groups in total. The fourth-order valence-corrected chi connectivity index (χ4v) is 2.74. The summed E-state index contributed by atoms with van der Waals surface area (Å²) in [5, 5.41) is 0. The molecule has 1 aromatic carbocycles. The molecule has 1 nitrogen and oxygen atoms in total. The molecule has 0 bridgehead atoms. The Morgan fingerprint density at radius 2 is 1.78 bits per heavy atom. The van der Waals surface area contributed by atoms with E-state index in [1.807, 2.05) is 12.1 Å². The molecule has 1 heteroatoms. The largest absolute Gasteiger partial charge is 0.294 e. The van der Waals surface area contributed by atoms with E-state index in [1.54, 1.807) is 0 Å². The van der Waals surface area contributed by atoms with Crippen LogP contribution in [-0.2, 0) is 5.41 Å². The number of hydrogen-bond acceptors (Lipinski definition) is 1. The molecule has 0 atom stereocenters. The summed E-state index contributed by atoms with van der Waals surface area (Å²) in [6.07, 6.45) is 5.90. The van der Waals surface area contributed by atoms with Crippen molar-refractivity contribution in [3.05, 3.63) is 35.4 Å². The molecular weight excluding hydrogens is 220 g/mol. The molecule has 1 aliphatic carbocycles. The molecule has 0 aromatic heterocycles. The molecule has 2 rings (SSSR count). The van der Waals surface area contributed by atoms with E-state index in [0.717, 1.165) is 18.4 Å². The van der Waals surface area contributed by atoms with Crippen LogP contribution in [0.25, 0.3) is 0 Å². The Labute approximate surface area is 111 Å². The lowest BCUT2D eigenvalue weighted by atomic mass is 9.81. The molecule has 0 amide bonds. The third-order valence-electron chi connectivity index (χ3n) is 3.99. The Balaban J connectivity index is 2.20. The average molecular weight is 244 g/mol. The maximum Gasteiger partial charge on any atom is 0.165 e. The second-order valence-electron chi connectivity index (χ2n) is 6.53. The van der Waals surface area contributed by atoms with Crippen LogP contribution in [0.5, 0.6) is 0 Å². The van der Waals surface area contributed by atoms with Crippen molar-refractivity contribution in [2.24, 2.45) is 5.92 Å². The van der Waals surface area contributed by atoms with Gasteiger partial charge in [0.25, 0.3) is 0 Å². The third kappa shape index (κ3) is 3.01. The molecule has 1 saturated carbocycles. The summed E-state index contributed by atoms with van der Waals surface area (Å²) < 4.78 is 0. The van der Waals surface area contributed by atoms with Crippen molar-refractivity contribution < 1.29 is 4.79 Å². The predicted molar refractivity (Wildman–Crippen MR) is 76.0 cm³/mol. The summed E-state index contributed by atoms with van der Waals surface area (Å²) in [5.41, 5.74) is 2.28. The summed E-state index contributed by atoms with van der Waals surface area (Å²) in [5.74, 6) is 0.634. The molecule has 0 saturated heterocycles. The van der Waals surface area contributed by atoms with E-state index in [0.29, 0.717) is 5.78 Å². The van der Waals surface area contributed by atoms with Gasteiger partial charge >= 0.3 is 0 Å². The van der Waals surface area contributed by atoms with Gasteiger partial charge in [-0.1, -0.05) is 58.2 Å². The van der Waals surface area contributed by atoms with E-state index >= 15 is 0 Å². The van der Waals surface area contributed by atoms with Gasteiger partial charge in [-0.3, -0.25) is 4.79 Å². The molecule has 0 spiro atoms. The summed E-state index contributed by atoms with van der Waals surface area (Å²) in [4.78, 5) is 12.5. The Hall–Kier alpha value is -1.11. The van der Waals surface area contributed by atoms with Gasteiger partial charge in [-0.15, -0.1) is 0 Å². The molecule has 1 fully saturated rings. The maximum absolute atomic E-state index is 12.5. The van der Waals surface area contributed by atoms with Crippen LogP contribution in [0.2, 0.25) is 0 Å². The first kappa shape index (κ1) is 13.3. The summed E-state index contributed by atoms with van der Waals surface area (Å²) in [6, 6.07) is 8.22. The van der Waals surface area contributed by atoms with E-state index in [9.17, 15) is 4.79 Å². The Kier molecular flexibility index (Phi) is 3.89. The number of carbonyl (C=O) groups excluding carboxylic acids is 1. The first-order valence-electron chi connectivity index (χ1n) is 7.13. The van der Waals surface area contributed by atoms with Crippen LogP contribution in [0.4, 0.5) is 0 Å². The summed E-state index contributed by atoms with van der Waals surface area (Å²) in [7, 11) is 0. The normalized spacial score (nSPS) is 17.7. The van der Waals surface area contributed by atoms with Gasteiger partial charge in [-0.2, -0.15) is 0 Å². The second kappa shape index (κ2) is 5.26. The second-order valence-corrected chi connectivity index (χ2v) is 6.53. The lowest BCUT2D eigenvalue weighted by Crippen LogP contribution is -2.19. The number of Topliss-reactive ketones (excluding diaryl/α,β-unsaturated/α-hetero) is 1. The van der Waals surface area contributed by atoms with E-state index in [4.69, 9.17) is 0 Å². The van der Waals surface area contributed by atoms with E-state index in [1.165, 1.54) is 24.8 Å². The van der Waals surface area contributed by atoms with Crippen molar-refractivity contribution in [1.29, 1.82) is 0 Å². The quantitative estimate of drug-likeness (QED) is 0.686. The van der Waals surface area contributed by atoms with Crippen LogP contribution >= 0.6 is 0 Å². The molecule has 0 aliphatic heterocycles. The van der Waals surface area contributed by atoms with Gasteiger partial charge in [0.2, 0.25) is 0 Å². The molecular formula is C17H24O. The van der Waals surface area contributed by atoms with E-state index in [-0.39, 0.29) is 11.3 Å². The summed E-state index contributed by atoms with van der Waals surface area (Å²) >= 11 is 0. The van der Waals surface area contributed by atoms with Gasteiger partial charge < -0.3 is 0 Å². The van der Waals surface area contributed by atoms with Crippen LogP contribution < -0.4 is 0 Å². The van der Waals surface area contributed by atoms with Gasteiger partial charge in [0, 0.05) is 11.5 Å². The molecule has 18 heavy (non-hydrogen) atoms. The van der Waals surface area contributed by atoms with Gasteiger partial charge in [0.1, 0.15) is 0 Å². The number of carbonyl (C=O) groups is 1. The SMILES string of the molecule is CC(C)(C)c1cccc(C(=O)C2CCCCC2)c1. The minimum Gasteiger partial charge on any atom is -0.294 e. The third-order valence-corrected chi connectivity index (χ3v) is 3.99. The van der Waals surface area contributed by atoms with Crippen LogP contribution in [0.1, 0.15) is 68.8 Å². The van der Waals surface area contributed by atoms with Crippen molar-refractivity contribution in [2.75, 3.05) is 0 Å². The Morgan fingerprint density at radius 3 is 2.39 bits per heavy atom. The topological polar surface area (TPSA) is 17.1 Å². The van der Waals surface area contributed by atoms with Crippen LogP contribution in [0.3, 0.4) is 0 Å².